The minimum atomic E-state index is 0.0186. The van der Waals surface area contributed by atoms with Crippen molar-refractivity contribution in [2.24, 2.45) is 5.92 Å². The molecule has 126 valence electrons. The quantitative estimate of drug-likeness (QED) is 0.886. The van der Waals surface area contributed by atoms with Gasteiger partial charge in [-0.25, -0.2) is 0 Å². The number of hydrogen-bond acceptors (Lipinski definition) is 4. The van der Waals surface area contributed by atoms with Gasteiger partial charge in [-0.3, -0.25) is 9.59 Å². The average Bonchev–Trinajstić information content (AvgIpc) is 2.60. The Kier molecular flexibility index (Phi) is 5.84. The Morgan fingerprint density at radius 1 is 1.17 bits per heavy atom. The lowest BCUT2D eigenvalue weighted by atomic mass is 9.95. The molecule has 1 aliphatic heterocycles. The highest BCUT2D eigenvalue weighted by molar-refractivity contribution is 5.81. The second kappa shape index (κ2) is 7.85. The molecule has 2 rings (SSSR count). The van der Waals surface area contributed by atoms with Gasteiger partial charge in [0.1, 0.15) is 0 Å². The van der Waals surface area contributed by atoms with Gasteiger partial charge in [0, 0.05) is 26.1 Å². The van der Waals surface area contributed by atoms with Crippen molar-refractivity contribution in [1.82, 2.24) is 10.2 Å². The van der Waals surface area contributed by atoms with Crippen molar-refractivity contribution in [2.45, 2.75) is 19.3 Å². The standard InChI is InChI=1S/C17H24N2O4/c1-18-17(21)13-6-8-19(9-7-13)16(20)11-12-4-5-14(22-2)15(10-12)23-3/h4-5,10,13H,6-9,11H2,1-3H3,(H,18,21). The van der Waals surface area contributed by atoms with E-state index in [2.05, 4.69) is 5.32 Å². The number of carbonyl (C=O) groups excluding carboxylic acids is 2. The Morgan fingerprint density at radius 2 is 1.83 bits per heavy atom. The molecule has 23 heavy (non-hydrogen) atoms. The number of hydrogen-bond donors (Lipinski definition) is 1. The molecule has 0 radical (unpaired) electrons. The molecule has 1 N–H and O–H groups in total. The molecule has 1 aliphatic rings. The smallest absolute Gasteiger partial charge is 0.226 e. The number of carbonyl (C=O) groups is 2. The Bertz CT molecular complexity index is 566. The highest BCUT2D eigenvalue weighted by Crippen LogP contribution is 2.28. The fourth-order valence-corrected chi connectivity index (χ4v) is 2.87. The van der Waals surface area contributed by atoms with Gasteiger partial charge < -0.3 is 19.7 Å². The van der Waals surface area contributed by atoms with Crippen LogP contribution in [0.1, 0.15) is 18.4 Å². The van der Waals surface area contributed by atoms with Crippen molar-refractivity contribution >= 4 is 11.8 Å². The number of rotatable bonds is 5. The highest BCUT2D eigenvalue weighted by Gasteiger charge is 2.26. The van der Waals surface area contributed by atoms with Gasteiger partial charge in [0.05, 0.1) is 20.6 Å². The first kappa shape index (κ1) is 17.1. The van der Waals surface area contributed by atoms with Crippen LogP contribution in [-0.2, 0) is 16.0 Å². The Labute approximate surface area is 136 Å². The zero-order chi connectivity index (χ0) is 16.8. The molecule has 0 aliphatic carbocycles. The second-order valence-corrected chi connectivity index (χ2v) is 5.64. The molecule has 1 heterocycles. The zero-order valence-corrected chi connectivity index (χ0v) is 13.9. The van der Waals surface area contributed by atoms with Crippen LogP contribution in [0.2, 0.25) is 0 Å². The SMILES string of the molecule is CNC(=O)C1CCN(C(=O)Cc2ccc(OC)c(OC)c2)CC1. The predicted molar refractivity (Wildman–Crippen MR) is 86.6 cm³/mol. The molecule has 1 saturated heterocycles. The maximum absolute atomic E-state index is 12.4. The number of benzene rings is 1. The molecule has 1 aromatic carbocycles. The van der Waals surface area contributed by atoms with Crippen LogP contribution in [-0.4, -0.2) is 51.1 Å². The molecule has 0 unspecified atom stereocenters. The van der Waals surface area contributed by atoms with Crippen LogP contribution in [0.3, 0.4) is 0 Å². The van der Waals surface area contributed by atoms with Gasteiger partial charge in [0.25, 0.3) is 0 Å². The molecule has 1 fully saturated rings. The summed E-state index contributed by atoms with van der Waals surface area (Å²) in [6.07, 6.45) is 1.76. The van der Waals surface area contributed by atoms with E-state index in [1.807, 2.05) is 17.0 Å². The fourth-order valence-electron chi connectivity index (χ4n) is 2.87. The topological polar surface area (TPSA) is 67.9 Å². The number of methoxy groups -OCH3 is 2. The molecule has 6 nitrogen and oxygen atoms in total. The molecule has 6 heteroatoms. The van der Waals surface area contributed by atoms with E-state index in [0.29, 0.717) is 31.0 Å². The summed E-state index contributed by atoms with van der Waals surface area (Å²) >= 11 is 0. The van der Waals surface area contributed by atoms with Gasteiger partial charge in [0.2, 0.25) is 11.8 Å². The van der Waals surface area contributed by atoms with Crippen molar-refractivity contribution in [3.63, 3.8) is 0 Å². The lowest BCUT2D eigenvalue weighted by molar-refractivity contribution is -0.134. The fraction of sp³-hybridized carbons (Fsp3) is 0.529. The molecular formula is C17H24N2O4. The summed E-state index contributed by atoms with van der Waals surface area (Å²) in [6, 6.07) is 5.50. The molecule has 0 bridgehead atoms. The van der Waals surface area contributed by atoms with Gasteiger partial charge in [-0.15, -0.1) is 0 Å². The van der Waals surface area contributed by atoms with Crippen LogP contribution in [0, 0.1) is 5.92 Å². The first-order valence-corrected chi connectivity index (χ1v) is 7.79. The Morgan fingerprint density at radius 3 is 2.39 bits per heavy atom. The Balaban J connectivity index is 1.94. The number of nitrogens with zero attached hydrogens (tertiary/aromatic N) is 1. The summed E-state index contributed by atoms with van der Waals surface area (Å²) in [7, 11) is 4.81. The Hall–Kier alpha value is -2.24. The van der Waals surface area contributed by atoms with E-state index >= 15 is 0 Å². The molecular weight excluding hydrogens is 296 g/mol. The summed E-state index contributed by atoms with van der Waals surface area (Å²) in [6.45, 7) is 1.26. The van der Waals surface area contributed by atoms with E-state index in [1.165, 1.54) is 0 Å². The summed E-state index contributed by atoms with van der Waals surface area (Å²) in [5.74, 6) is 1.43. The van der Waals surface area contributed by atoms with Crippen molar-refractivity contribution in [1.29, 1.82) is 0 Å². The predicted octanol–water partition coefficient (Wildman–Crippen LogP) is 1.23. The average molecular weight is 320 g/mol. The summed E-state index contributed by atoms with van der Waals surface area (Å²) in [5.41, 5.74) is 0.890. The van der Waals surface area contributed by atoms with Crippen molar-refractivity contribution in [3.8, 4) is 11.5 Å². The van der Waals surface area contributed by atoms with E-state index in [4.69, 9.17) is 9.47 Å². The minimum Gasteiger partial charge on any atom is -0.493 e. The molecule has 0 aromatic heterocycles. The first-order chi connectivity index (χ1) is 11.1. The highest BCUT2D eigenvalue weighted by atomic mass is 16.5. The normalized spacial score (nSPS) is 15.2. The number of amides is 2. The molecule has 2 amide bonds. The summed E-state index contributed by atoms with van der Waals surface area (Å²) < 4.78 is 10.5. The first-order valence-electron chi connectivity index (χ1n) is 7.79. The summed E-state index contributed by atoms with van der Waals surface area (Å²) in [4.78, 5) is 25.9. The van der Waals surface area contributed by atoms with Crippen LogP contribution in [0.15, 0.2) is 18.2 Å². The van der Waals surface area contributed by atoms with E-state index in [9.17, 15) is 9.59 Å². The lowest BCUT2D eigenvalue weighted by Crippen LogP contribution is -2.42. The van der Waals surface area contributed by atoms with Crippen LogP contribution in [0.5, 0.6) is 11.5 Å². The maximum atomic E-state index is 12.4. The second-order valence-electron chi connectivity index (χ2n) is 5.64. The van der Waals surface area contributed by atoms with Gasteiger partial charge in [0.15, 0.2) is 11.5 Å². The van der Waals surface area contributed by atoms with Gasteiger partial charge in [-0.1, -0.05) is 6.07 Å². The zero-order valence-electron chi connectivity index (χ0n) is 13.9. The minimum absolute atomic E-state index is 0.0186. The van der Waals surface area contributed by atoms with E-state index in [-0.39, 0.29) is 17.7 Å². The third-order valence-corrected chi connectivity index (χ3v) is 4.27. The number of nitrogens with one attached hydrogen (secondary N) is 1. The van der Waals surface area contributed by atoms with E-state index < -0.39 is 0 Å². The van der Waals surface area contributed by atoms with Gasteiger partial charge in [-0.2, -0.15) is 0 Å². The van der Waals surface area contributed by atoms with Crippen LogP contribution >= 0.6 is 0 Å². The third kappa shape index (κ3) is 4.15. The van der Waals surface area contributed by atoms with Crippen LogP contribution < -0.4 is 14.8 Å². The largest absolute Gasteiger partial charge is 0.493 e. The van der Waals surface area contributed by atoms with Gasteiger partial charge in [-0.05, 0) is 30.5 Å². The van der Waals surface area contributed by atoms with Crippen molar-refractivity contribution < 1.29 is 19.1 Å². The van der Waals surface area contributed by atoms with Crippen LogP contribution in [0.25, 0.3) is 0 Å². The molecule has 0 saturated carbocycles. The van der Waals surface area contributed by atoms with Crippen molar-refractivity contribution in [2.75, 3.05) is 34.4 Å². The molecule has 1 aromatic rings. The number of piperidine rings is 1. The van der Waals surface area contributed by atoms with Crippen LogP contribution in [0.4, 0.5) is 0 Å². The lowest BCUT2D eigenvalue weighted by Gasteiger charge is -2.31. The van der Waals surface area contributed by atoms with Crippen molar-refractivity contribution in [3.05, 3.63) is 23.8 Å². The molecule has 0 atom stereocenters. The number of ether oxygens (including phenoxy) is 2. The van der Waals surface area contributed by atoms with Gasteiger partial charge >= 0.3 is 0 Å². The van der Waals surface area contributed by atoms with E-state index in [0.717, 1.165) is 18.4 Å². The third-order valence-electron chi connectivity index (χ3n) is 4.27. The molecule has 0 spiro atoms. The summed E-state index contributed by atoms with van der Waals surface area (Å²) in [5, 5.41) is 2.67. The monoisotopic (exact) mass is 320 g/mol. The maximum Gasteiger partial charge on any atom is 0.226 e. The number of likely N-dealkylation sites (tertiary alicyclic amines) is 1. The van der Waals surface area contributed by atoms with E-state index in [1.54, 1.807) is 27.3 Å².